The van der Waals surface area contributed by atoms with E-state index in [9.17, 15) is 4.79 Å². The van der Waals surface area contributed by atoms with Crippen molar-refractivity contribution in [1.82, 2.24) is 0 Å². The first-order chi connectivity index (χ1) is 9.10. The van der Waals surface area contributed by atoms with Crippen LogP contribution in [0.3, 0.4) is 0 Å². The number of nitrogens with one attached hydrogen (secondary N) is 1. The molecule has 1 aromatic heterocycles. The molecule has 2 aromatic rings. The average Bonchev–Trinajstić information content (AvgIpc) is 2.83. The van der Waals surface area contributed by atoms with Gasteiger partial charge in [0.15, 0.2) is 5.76 Å². The molecule has 0 unspecified atom stereocenters. The lowest BCUT2D eigenvalue weighted by molar-refractivity contribution is 0.0995. The van der Waals surface area contributed by atoms with Gasteiger partial charge >= 0.3 is 0 Å². The first kappa shape index (κ1) is 13.4. The fourth-order valence-electron chi connectivity index (χ4n) is 1.83. The molecular formula is C15H18N2O2. The largest absolute Gasteiger partial charge is 0.456 e. The highest BCUT2D eigenvalue weighted by atomic mass is 16.3. The molecule has 0 aliphatic carbocycles. The van der Waals surface area contributed by atoms with Crippen molar-refractivity contribution >= 4 is 11.6 Å². The zero-order valence-corrected chi connectivity index (χ0v) is 11.2. The summed E-state index contributed by atoms with van der Waals surface area (Å²) in [4.78, 5) is 12.1. The van der Waals surface area contributed by atoms with Crippen molar-refractivity contribution in [2.45, 2.75) is 20.3 Å². The lowest BCUT2D eigenvalue weighted by Gasteiger charge is -2.07. The summed E-state index contributed by atoms with van der Waals surface area (Å²) in [5, 5.41) is 2.86. The van der Waals surface area contributed by atoms with E-state index in [2.05, 4.69) is 5.32 Å². The third-order valence-electron chi connectivity index (χ3n) is 2.92. The molecule has 0 fully saturated rings. The molecule has 2 rings (SSSR count). The maximum absolute atomic E-state index is 12.1. The number of amides is 1. The molecule has 4 heteroatoms. The van der Waals surface area contributed by atoms with E-state index in [4.69, 9.17) is 10.2 Å². The van der Waals surface area contributed by atoms with Crippen LogP contribution in [0.4, 0.5) is 5.69 Å². The van der Waals surface area contributed by atoms with E-state index in [0.717, 1.165) is 22.6 Å². The first-order valence-corrected chi connectivity index (χ1v) is 6.27. The number of hydrogen-bond acceptors (Lipinski definition) is 3. The highest BCUT2D eigenvalue weighted by Gasteiger charge is 2.12. The summed E-state index contributed by atoms with van der Waals surface area (Å²) in [6.07, 6.45) is 0.636. The average molecular weight is 258 g/mol. The summed E-state index contributed by atoms with van der Waals surface area (Å²) in [5.74, 6) is 0.801. The molecular weight excluding hydrogens is 240 g/mol. The Kier molecular flexibility index (Phi) is 4.02. The summed E-state index contributed by atoms with van der Waals surface area (Å²) in [6, 6.07) is 9.39. The van der Waals surface area contributed by atoms with Crippen LogP contribution in [0.1, 0.15) is 27.4 Å². The van der Waals surface area contributed by atoms with Crippen LogP contribution in [-0.2, 0) is 6.42 Å². The molecule has 1 amide bonds. The fraction of sp³-hybridized carbons (Fsp3) is 0.267. The summed E-state index contributed by atoms with van der Waals surface area (Å²) in [6.45, 7) is 4.45. The van der Waals surface area contributed by atoms with Crippen molar-refractivity contribution in [2.75, 3.05) is 11.9 Å². The van der Waals surface area contributed by atoms with Gasteiger partial charge in [0.25, 0.3) is 5.91 Å². The third kappa shape index (κ3) is 3.23. The molecule has 100 valence electrons. The Hall–Kier alpha value is -2.07. The van der Waals surface area contributed by atoms with E-state index >= 15 is 0 Å². The van der Waals surface area contributed by atoms with Crippen molar-refractivity contribution in [3.8, 4) is 0 Å². The van der Waals surface area contributed by atoms with Crippen LogP contribution >= 0.6 is 0 Å². The number of anilines is 1. The molecule has 0 radical (unpaired) electrons. The molecule has 0 aliphatic heterocycles. The van der Waals surface area contributed by atoms with Gasteiger partial charge in [0.05, 0.1) is 0 Å². The lowest BCUT2D eigenvalue weighted by atomic mass is 10.1. The van der Waals surface area contributed by atoms with Crippen LogP contribution in [0, 0.1) is 13.8 Å². The molecule has 0 aliphatic rings. The summed E-state index contributed by atoms with van der Waals surface area (Å²) < 4.78 is 5.44. The number of aryl methyl sites for hydroxylation is 2. The number of benzene rings is 1. The maximum atomic E-state index is 12.1. The number of nitrogens with two attached hydrogens (primary N) is 1. The smallest absolute Gasteiger partial charge is 0.291 e. The molecule has 0 atom stereocenters. The number of furan rings is 1. The standard InChI is InChI=1S/C15H18N2O2/c1-10-3-4-11(2)13(9-10)17-15(18)14-6-5-12(19-14)7-8-16/h3-6,9H,7-8,16H2,1-2H3,(H,17,18). The van der Waals surface area contributed by atoms with Crippen molar-refractivity contribution in [3.05, 3.63) is 53.0 Å². The lowest BCUT2D eigenvalue weighted by Crippen LogP contribution is -2.12. The molecule has 0 bridgehead atoms. The van der Waals surface area contributed by atoms with Crippen LogP contribution in [0.5, 0.6) is 0 Å². The third-order valence-corrected chi connectivity index (χ3v) is 2.92. The highest BCUT2D eigenvalue weighted by molar-refractivity contribution is 6.02. The minimum Gasteiger partial charge on any atom is -0.456 e. The van der Waals surface area contributed by atoms with E-state index < -0.39 is 0 Å². The van der Waals surface area contributed by atoms with Gasteiger partial charge in [0.1, 0.15) is 5.76 Å². The summed E-state index contributed by atoms with van der Waals surface area (Å²) >= 11 is 0. The molecule has 4 nitrogen and oxygen atoms in total. The van der Waals surface area contributed by atoms with Gasteiger partial charge in [-0.05, 0) is 49.7 Å². The highest BCUT2D eigenvalue weighted by Crippen LogP contribution is 2.18. The minimum absolute atomic E-state index is 0.239. The first-order valence-electron chi connectivity index (χ1n) is 6.27. The molecule has 0 spiro atoms. The summed E-state index contributed by atoms with van der Waals surface area (Å²) in [5.41, 5.74) is 8.37. The molecule has 1 heterocycles. The van der Waals surface area contributed by atoms with Gasteiger partial charge in [0, 0.05) is 12.1 Å². The Morgan fingerprint density at radius 1 is 1.26 bits per heavy atom. The predicted octanol–water partition coefficient (Wildman–Crippen LogP) is 2.65. The van der Waals surface area contributed by atoms with Gasteiger partial charge in [0.2, 0.25) is 0 Å². The molecule has 0 saturated heterocycles. The normalized spacial score (nSPS) is 10.5. The Balaban J connectivity index is 2.13. The second-order valence-electron chi connectivity index (χ2n) is 4.58. The number of hydrogen-bond donors (Lipinski definition) is 2. The maximum Gasteiger partial charge on any atom is 0.291 e. The topological polar surface area (TPSA) is 68.3 Å². The fourth-order valence-corrected chi connectivity index (χ4v) is 1.83. The van der Waals surface area contributed by atoms with Gasteiger partial charge in [-0.15, -0.1) is 0 Å². The van der Waals surface area contributed by atoms with E-state index in [0.29, 0.717) is 18.7 Å². The van der Waals surface area contributed by atoms with Gasteiger partial charge < -0.3 is 15.5 Å². The second kappa shape index (κ2) is 5.71. The van der Waals surface area contributed by atoms with Gasteiger partial charge in [-0.3, -0.25) is 4.79 Å². The number of carbonyl (C=O) groups excluding carboxylic acids is 1. The van der Waals surface area contributed by atoms with Crippen LogP contribution in [0.2, 0.25) is 0 Å². The van der Waals surface area contributed by atoms with E-state index in [1.165, 1.54) is 0 Å². The Morgan fingerprint density at radius 3 is 2.79 bits per heavy atom. The van der Waals surface area contributed by atoms with Gasteiger partial charge in [-0.2, -0.15) is 0 Å². The van der Waals surface area contributed by atoms with E-state index in [1.807, 2.05) is 32.0 Å². The van der Waals surface area contributed by atoms with E-state index in [-0.39, 0.29) is 5.91 Å². The molecule has 3 N–H and O–H groups in total. The molecule has 19 heavy (non-hydrogen) atoms. The number of carbonyl (C=O) groups is 1. The molecule has 0 saturated carbocycles. The Bertz CT molecular complexity index is 588. The SMILES string of the molecule is Cc1ccc(C)c(NC(=O)c2ccc(CCN)o2)c1. The van der Waals surface area contributed by atoms with Crippen molar-refractivity contribution in [3.63, 3.8) is 0 Å². The zero-order chi connectivity index (χ0) is 13.8. The van der Waals surface area contributed by atoms with Crippen LogP contribution in [-0.4, -0.2) is 12.5 Å². The minimum atomic E-state index is -0.239. The number of rotatable bonds is 4. The van der Waals surface area contributed by atoms with Crippen molar-refractivity contribution < 1.29 is 9.21 Å². The van der Waals surface area contributed by atoms with Gasteiger partial charge in [-0.1, -0.05) is 12.1 Å². The second-order valence-corrected chi connectivity index (χ2v) is 4.58. The van der Waals surface area contributed by atoms with Crippen LogP contribution in [0.15, 0.2) is 34.7 Å². The van der Waals surface area contributed by atoms with Crippen molar-refractivity contribution in [2.24, 2.45) is 5.73 Å². The molecule has 1 aromatic carbocycles. The monoisotopic (exact) mass is 258 g/mol. The summed E-state index contributed by atoms with van der Waals surface area (Å²) in [7, 11) is 0. The van der Waals surface area contributed by atoms with Crippen LogP contribution in [0.25, 0.3) is 0 Å². The van der Waals surface area contributed by atoms with Gasteiger partial charge in [-0.25, -0.2) is 0 Å². The zero-order valence-electron chi connectivity index (χ0n) is 11.2. The quantitative estimate of drug-likeness (QED) is 0.885. The Labute approximate surface area is 112 Å². The van der Waals surface area contributed by atoms with E-state index in [1.54, 1.807) is 12.1 Å². The Morgan fingerprint density at radius 2 is 2.05 bits per heavy atom. The van der Waals surface area contributed by atoms with Crippen molar-refractivity contribution in [1.29, 1.82) is 0 Å². The predicted molar refractivity (Wildman–Crippen MR) is 75.3 cm³/mol. The van der Waals surface area contributed by atoms with Crippen LogP contribution < -0.4 is 11.1 Å².